The van der Waals surface area contributed by atoms with Crippen molar-refractivity contribution in [2.24, 2.45) is 5.92 Å². The molecule has 2 aliphatic rings. The molecule has 2 heterocycles. The Bertz CT molecular complexity index is 773. The van der Waals surface area contributed by atoms with Crippen LogP contribution in [-0.2, 0) is 24.7 Å². The maximum absolute atomic E-state index is 12.9. The molecule has 0 radical (unpaired) electrons. The van der Waals surface area contributed by atoms with Crippen LogP contribution in [0.4, 0.5) is 4.79 Å². The van der Waals surface area contributed by atoms with Gasteiger partial charge < -0.3 is 15.0 Å². The average molecular weight is 387 g/mol. The number of benzene rings is 1. The molecule has 0 aliphatic carbocycles. The molecule has 2 aliphatic heterocycles. The van der Waals surface area contributed by atoms with E-state index in [0.717, 1.165) is 4.90 Å². The Morgan fingerprint density at radius 2 is 1.82 bits per heavy atom. The van der Waals surface area contributed by atoms with Crippen LogP contribution in [0.3, 0.4) is 0 Å². The Balaban J connectivity index is 1.61. The molecule has 0 spiro atoms. The molecule has 0 unspecified atom stereocenters. The summed E-state index contributed by atoms with van der Waals surface area (Å²) in [6.07, 6.45) is 1.04. The molecule has 0 bridgehead atoms. The lowest BCUT2D eigenvalue weighted by atomic mass is 9.92. The van der Waals surface area contributed by atoms with Gasteiger partial charge in [0.05, 0.1) is 12.5 Å². The van der Waals surface area contributed by atoms with Gasteiger partial charge in [0, 0.05) is 13.1 Å². The Kier molecular flexibility index (Phi) is 5.67. The normalized spacial score (nSPS) is 22.9. The quantitative estimate of drug-likeness (QED) is 0.606. The topological polar surface area (TPSA) is 96.0 Å². The van der Waals surface area contributed by atoms with E-state index in [0.29, 0.717) is 38.1 Å². The van der Waals surface area contributed by atoms with Crippen LogP contribution in [0.15, 0.2) is 30.3 Å². The molecule has 28 heavy (non-hydrogen) atoms. The van der Waals surface area contributed by atoms with E-state index in [1.165, 1.54) is 0 Å². The van der Waals surface area contributed by atoms with Crippen LogP contribution in [0, 0.1) is 5.92 Å². The van der Waals surface area contributed by atoms with Gasteiger partial charge in [-0.2, -0.15) is 0 Å². The summed E-state index contributed by atoms with van der Waals surface area (Å²) in [5.74, 6) is -1.19. The van der Waals surface area contributed by atoms with Gasteiger partial charge >= 0.3 is 12.0 Å². The van der Waals surface area contributed by atoms with Crippen LogP contribution in [0.5, 0.6) is 0 Å². The lowest BCUT2D eigenvalue weighted by Gasteiger charge is -2.31. The minimum atomic E-state index is -1.18. The molecular weight excluding hydrogens is 362 g/mol. The number of amides is 4. The molecule has 2 saturated heterocycles. The fourth-order valence-corrected chi connectivity index (χ4v) is 3.67. The number of carbonyl (C=O) groups is 4. The predicted molar refractivity (Wildman–Crippen MR) is 100.0 cm³/mol. The summed E-state index contributed by atoms with van der Waals surface area (Å²) in [5.41, 5.74) is -0.520. The number of carbonyl (C=O) groups excluding carboxylic acids is 4. The molecule has 4 amide bonds. The van der Waals surface area contributed by atoms with Crippen LogP contribution in [0.1, 0.15) is 32.3 Å². The number of hydrogen-bond acceptors (Lipinski definition) is 5. The van der Waals surface area contributed by atoms with Gasteiger partial charge in [-0.1, -0.05) is 30.3 Å². The molecule has 2 fully saturated rings. The number of urea groups is 1. The second-order valence-electron chi connectivity index (χ2n) is 7.22. The third-order valence-electron chi connectivity index (χ3n) is 5.39. The van der Waals surface area contributed by atoms with Gasteiger partial charge in [0.25, 0.3) is 5.91 Å². The zero-order valence-electron chi connectivity index (χ0n) is 16.1. The average Bonchev–Trinajstić information content (AvgIpc) is 2.93. The van der Waals surface area contributed by atoms with E-state index in [1.54, 1.807) is 43.0 Å². The molecule has 1 aromatic carbocycles. The third kappa shape index (κ3) is 3.72. The van der Waals surface area contributed by atoms with E-state index < -0.39 is 17.5 Å². The van der Waals surface area contributed by atoms with Crippen LogP contribution in [0.25, 0.3) is 0 Å². The maximum atomic E-state index is 12.9. The number of ether oxygens (including phenoxy) is 1. The van der Waals surface area contributed by atoms with Gasteiger partial charge in [-0.15, -0.1) is 0 Å². The number of likely N-dealkylation sites (tertiary alicyclic amines) is 1. The first kappa shape index (κ1) is 19.9. The van der Waals surface area contributed by atoms with Crippen molar-refractivity contribution in [2.45, 2.75) is 32.2 Å². The molecule has 3 rings (SSSR count). The first-order chi connectivity index (χ1) is 13.4. The predicted octanol–water partition coefficient (Wildman–Crippen LogP) is 1.26. The lowest BCUT2D eigenvalue weighted by Crippen LogP contribution is -2.47. The molecule has 8 heteroatoms. The van der Waals surface area contributed by atoms with E-state index in [2.05, 4.69) is 5.32 Å². The summed E-state index contributed by atoms with van der Waals surface area (Å²) in [4.78, 5) is 52.2. The molecular formula is C20H25N3O5. The summed E-state index contributed by atoms with van der Waals surface area (Å²) >= 11 is 0. The number of rotatable bonds is 5. The minimum absolute atomic E-state index is 0.206. The van der Waals surface area contributed by atoms with Crippen LogP contribution in [-0.4, -0.2) is 59.9 Å². The number of piperidine rings is 1. The molecule has 1 atom stereocenters. The molecule has 0 aromatic heterocycles. The monoisotopic (exact) mass is 387 g/mol. The zero-order chi connectivity index (χ0) is 20.3. The molecule has 1 N–H and O–H groups in total. The highest BCUT2D eigenvalue weighted by molar-refractivity contribution is 6.09. The Hall–Kier alpha value is -2.90. The molecule has 1 aromatic rings. The number of nitrogens with one attached hydrogen (secondary N) is 1. The van der Waals surface area contributed by atoms with Crippen molar-refractivity contribution in [3.05, 3.63) is 35.9 Å². The second kappa shape index (κ2) is 8.00. The van der Waals surface area contributed by atoms with Crippen molar-refractivity contribution in [3.63, 3.8) is 0 Å². The smallest absolute Gasteiger partial charge is 0.325 e. The Labute approximate surface area is 163 Å². The Morgan fingerprint density at radius 3 is 2.43 bits per heavy atom. The second-order valence-corrected chi connectivity index (χ2v) is 7.22. The van der Waals surface area contributed by atoms with Gasteiger partial charge in [-0.3, -0.25) is 19.3 Å². The van der Waals surface area contributed by atoms with Gasteiger partial charge in [-0.05, 0) is 32.3 Å². The number of imide groups is 1. The van der Waals surface area contributed by atoms with Crippen LogP contribution < -0.4 is 5.32 Å². The highest BCUT2D eigenvalue weighted by atomic mass is 16.5. The van der Waals surface area contributed by atoms with E-state index in [1.807, 2.05) is 6.07 Å². The van der Waals surface area contributed by atoms with E-state index >= 15 is 0 Å². The summed E-state index contributed by atoms with van der Waals surface area (Å²) in [6.45, 7) is 4.24. The first-order valence-corrected chi connectivity index (χ1v) is 9.51. The van der Waals surface area contributed by atoms with Crippen molar-refractivity contribution >= 4 is 23.8 Å². The third-order valence-corrected chi connectivity index (χ3v) is 5.39. The van der Waals surface area contributed by atoms with Crippen molar-refractivity contribution < 1.29 is 23.9 Å². The highest BCUT2D eigenvalue weighted by Crippen LogP contribution is 2.28. The van der Waals surface area contributed by atoms with E-state index in [-0.39, 0.29) is 24.3 Å². The SMILES string of the molecule is CCOC(=O)C1CCN(C(=O)CN2C(=O)N[C@](C)(c3ccccc3)C2=O)CC1. The number of esters is 1. The fourth-order valence-electron chi connectivity index (χ4n) is 3.67. The standard InChI is InChI=1S/C20H25N3O5/c1-3-28-17(25)14-9-11-22(12-10-14)16(24)13-23-18(26)20(2,21-19(23)27)15-7-5-4-6-8-15/h4-8,14H,3,9-13H2,1-2H3,(H,21,27)/t20-/m1/s1. The summed E-state index contributed by atoms with van der Waals surface area (Å²) < 4.78 is 5.03. The largest absolute Gasteiger partial charge is 0.466 e. The van der Waals surface area contributed by atoms with Gasteiger partial charge in [-0.25, -0.2) is 4.79 Å². The molecule has 150 valence electrons. The van der Waals surface area contributed by atoms with Crippen LogP contribution >= 0.6 is 0 Å². The molecule has 8 nitrogen and oxygen atoms in total. The summed E-state index contributed by atoms with van der Waals surface area (Å²) in [5, 5.41) is 2.70. The highest BCUT2D eigenvalue weighted by Gasteiger charge is 2.49. The van der Waals surface area contributed by atoms with Crippen molar-refractivity contribution in [3.8, 4) is 0 Å². The van der Waals surface area contributed by atoms with E-state index in [9.17, 15) is 19.2 Å². The van der Waals surface area contributed by atoms with Crippen molar-refractivity contribution in [1.82, 2.24) is 15.1 Å². The number of hydrogen-bond donors (Lipinski definition) is 1. The summed E-state index contributed by atoms with van der Waals surface area (Å²) in [7, 11) is 0. The van der Waals surface area contributed by atoms with E-state index in [4.69, 9.17) is 4.74 Å². The minimum Gasteiger partial charge on any atom is -0.466 e. The van der Waals surface area contributed by atoms with Gasteiger partial charge in [0.15, 0.2) is 0 Å². The fraction of sp³-hybridized carbons (Fsp3) is 0.500. The van der Waals surface area contributed by atoms with Gasteiger partial charge in [0.2, 0.25) is 5.91 Å². The summed E-state index contributed by atoms with van der Waals surface area (Å²) in [6, 6.07) is 8.37. The zero-order valence-corrected chi connectivity index (χ0v) is 16.1. The molecule has 0 saturated carbocycles. The Morgan fingerprint density at radius 1 is 1.18 bits per heavy atom. The number of nitrogens with zero attached hydrogens (tertiary/aromatic N) is 2. The van der Waals surface area contributed by atoms with Crippen molar-refractivity contribution in [2.75, 3.05) is 26.2 Å². The first-order valence-electron chi connectivity index (χ1n) is 9.51. The van der Waals surface area contributed by atoms with Crippen LogP contribution in [0.2, 0.25) is 0 Å². The lowest BCUT2D eigenvalue weighted by molar-refractivity contribution is -0.151. The van der Waals surface area contributed by atoms with Crippen molar-refractivity contribution in [1.29, 1.82) is 0 Å². The van der Waals surface area contributed by atoms with Gasteiger partial charge in [0.1, 0.15) is 12.1 Å². The maximum Gasteiger partial charge on any atom is 0.325 e.